The van der Waals surface area contributed by atoms with E-state index in [1.807, 2.05) is 56.0 Å². The number of methoxy groups -OCH3 is 1. The van der Waals surface area contributed by atoms with Crippen molar-refractivity contribution in [2.75, 3.05) is 37.6 Å². The smallest absolute Gasteiger partial charge is 0.142 e. The number of aryl methyl sites for hydroxylation is 1. The number of aliphatic imine (C=N–C) groups is 1. The quantitative estimate of drug-likeness (QED) is 0.498. The molecule has 0 amide bonds. The third-order valence-corrected chi connectivity index (χ3v) is 5.67. The Kier molecular flexibility index (Phi) is 7.01. The van der Waals surface area contributed by atoms with Gasteiger partial charge in [0.15, 0.2) is 0 Å². The van der Waals surface area contributed by atoms with Crippen LogP contribution in [0.25, 0.3) is 11.1 Å². The minimum atomic E-state index is 0.320. The molecule has 1 fully saturated rings. The zero-order valence-corrected chi connectivity index (χ0v) is 18.8. The number of hydrogen-bond acceptors (Lipinski definition) is 7. The molecule has 0 aliphatic carbocycles. The van der Waals surface area contributed by atoms with Crippen LogP contribution in [0.3, 0.4) is 0 Å². The summed E-state index contributed by atoms with van der Waals surface area (Å²) in [4.78, 5) is 8.95. The molecule has 2 unspecified atom stereocenters. The van der Waals surface area contributed by atoms with Crippen LogP contribution in [0.1, 0.15) is 18.9 Å². The fraction of sp³-hybridized carbons (Fsp3) is 0.375. The molecule has 3 heterocycles. The first-order chi connectivity index (χ1) is 15.6. The number of aromatic nitrogens is 3. The fourth-order valence-corrected chi connectivity index (χ4v) is 3.77. The summed E-state index contributed by atoms with van der Waals surface area (Å²) in [6.45, 7) is 4.27. The van der Waals surface area contributed by atoms with E-state index < -0.39 is 0 Å². The Morgan fingerprint density at radius 3 is 2.97 bits per heavy atom. The molecule has 1 aliphatic rings. The van der Waals surface area contributed by atoms with Gasteiger partial charge in [-0.2, -0.15) is 5.10 Å². The Balaban J connectivity index is 1.34. The molecule has 8 heteroatoms. The van der Waals surface area contributed by atoms with E-state index in [2.05, 4.69) is 32.6 Å². The SMILES string of the molecule is COc1cc(-c2cnn(C)c2)ccc1NCN=Cc1ccnc(NC(C)C2CCOC2)c1. The Labute approximate surface area is 188 Å². The van der Waals surface area contributed by atoms with Gasteiger partial charge < -0.3 is 20.1 Å². The molecule has 4 rings (SSSR count). The molecule has 8 nitrogen and oxygen atoms in total. The topological polar surface area (TPSA) is 85.6 Å². The number of anilines is 2. The molecule has 168 valence electrons. The minimum Gasteiger partial charge on any atom is -0.495 e. The van der Waals surface area contributed by atoms with Gasteiger partial charge in [-0.15, -0.1) is 0 Å². The van der Waals surface area contributed by atoms with Crippen molar-refractivity contribution in [2.45, 2.75) is 19.4 Å². The van der Waals surface area contributed by atoms with Crippen molar-refractivity contribution in [3.05, 3.63) is 54.5 Å². The normalized spacial score (nSPS) is 16.9. The van der Waals surface area contributed by atoms with Crippen LogP contribution in [0, 0.1) is 5.92 Å². The lowest BCUT2D eigenvalue weighted by Gasteiger charge is -2.19. The summed E-state index contributed by atoms with van der Waals surface area (Å²) in [5.74, 6) is 2.15. The molecule has 1 saturated heterocycles. The third kappa shape index (κ3) is 5.45. The predicted molar refractivity (Wildman–Crippen MR) is 128 cm³/mol. The van der Waals surface area contributed by atoms with E-state index >= 15 is 0 Å². The van der Waals surface area contributed by atoms with Crippen LogP contribution >= 0.6 is 0 Å². The highest BCUT2D eigenvalue weighted by molar-refractivity contribution is 5.80. The number of ether oxygens (including phenoxy) is 2. The van der Waals surface area contributed by atoms with Crippen molar-refractivity contribution in [2.24, 2.45) is 18.0 Å². The Hall–Kier alpha value is -3.39. The highest BCUT2D eigenvalue weighted by Gasteiger charge is 2.22. The van der Waals surface area contributed by atoms with Crippen molar-refractivity contribution in [3.63, 3.8) is 0 Å². The second-order valence-electron chi connectivity index (χ2n) is 8.00. The number of pyridine rings is 1. The average Bonchev–Trinajstić information content (AvgIpc) is 3.49. The van der Waals surface area contributed by atoms with E-state index in [1.165, 1.54) is 0 Å². The number of hydrogen-bond donors (Lipinski definition) is 2. The molecular weight excluding hydrogens is 404 g/mol. The number of nitrogens with one attached hydrogen (secondary N) is 2. The molecule has 2 atom stereocenters. The molecular formula is C24H30N6O2. The average molecular weight is 435 g/mol. The monoisotopic (exact) mass is 434 g/mol. The van der Waals surface area contributed by atoms with Gasteiger partial charge in [-0.05, 0) is 48.7 Å². The van der Waals surface area contributed by atoms with E-state index in [1.54, 1.807) is 18.0 Å². The van der Waals surface area contributed by atoms with Crippen molar-refractivity contribution in [3.8, 4) is 16.9 Å². The summed E-state index contributed by atoms with van der Waals surface area (Å²) in [5.41, 5.74) is 3.99. The Bertz CT molecular complexity index is 1060. The van der Waals surface area contributed by atoms with Gasteiger partial charge in [0, 0.05) is 49.8 Å². The largest absolute Gasteiger partial charge is 0.495 e. The van der Waals surface area contributed by atoms with Gasteiger partial charge in [0.05, 0.1) is 25.6 Å². The summed E-state index contributed by atoms with van der Waals surface area (Å²) >= 11 is 0. The summed E-state index contributed by atoms with van der Waals surface area (Å²) in [6.07, 6.45) is 8.56. The summed E-state index contributed by atoms with van der Waals surface area (Å²) < 4.78 is 12.8. The highest BCUT2D eigenvalue weighted by Crippen LogP contribution is 2.30. The fourth-order valence-electron chi connectivity index (χ4n) is 3.77. The molecule has 0 bridgehead atoms. The Morgan fingerprint density at radius 1 is 1.31 bits per heavy atom. The van der Waals surface area contributed by atoms with Crippen LogP contribution in [0.4, 0.5) is 11.5 Å². The van der Waals surface area contributed by atoms with Crippen molar-refractivity contribution >= 4 is 17.7 Å². The van der Waals surface area contributed by atoms with Crippen molar-refractivity contribution in [1.82, 2.24) is 14.8 Å². The van der Waals surface area contributed by atoms with E-state index in [-0.39, 0.29) is 0 Å². The van der Waals surface area contributed by atoms with Crippen LogP contribution in [0.2, 0.25) is 0 Å². The van der Waals surface area contributed by atoms with Gasteiger partial charge in [-0.3, -0.25) is 9.67 Å². The van der Waals surface area contributed by atoms with Crippen LogP contribution in [-0.2, 0) is 11.8 Å². The number of rotatable bonds is 9. The molecule has 32 heavy (non-hydrogen) atoms. The third-order valence-electron chi connectivity index (χ3n) is 5.67. The molecule has 2 aromatic heterocycles. The lowest BCUT2D eigenvalue weighted by Crippen LogP contribution is -2.26. The highest BCUT2D eigenvalue weighted by atomic mass is 16.5. The van der Waals surface area contributed by atoms with Gasteiger partial charge in [-0.25, -0.2) is 4.98 Å². The van der Waals surface area contributed by atoms with Crippen LogP contribution in [0.5, 0.6) is 5.75 Å². The van der Waals surface area contributed by atoms with Crippen molar-refractivity contribution < 1.29 is 9.47 Å². The molecule has 0 spiro atoms. The van der Waals surface area contributed by atoms with Crippen molar-refractivity contribution in [1.29, 1.82) is 0 Å². The van der Waals surface area contributed by atoms with E-state index in [9.17, 15) is 0 Å². The molecule has 0 radical (unpaired) electrons. The second-order valence-corrected chi connectivity index (χ2v) is 8.00. The lowest BCUT2D eigenvalue weighted by atomic mass is 10.0. The molecule has 1 aromatic carbocycles. The maximum Gasteiger partial charge on any atom is 0.142 e. The van der Waals surface area contributed by atoms with Crippen LogP contribution < -0.4 is 15.4 Å². The first kappa shape index (κ1) is 21.8. The van der Waals surface area contributed by atoms with E-state index in [0.29, 0.717) is 18.6 Å². The molecule has 1 aliphatic heterocycles. The van der Waals surface area contributed by atoms with Crippen LogP contribution in [-0.4, -0.2) is 54.0 Å². The first-order valence-electron chi connectivity index (χ1n) is 10.8. The molecule has 0 saturated carbocycles. The predicted octanol–water partition coefficient (Wildman–Crippen LogP) is 3.82. The molecule has 2 N–H and O–H groups in total. The van der Waals surface area contributed by atoms with Gasteiger partial charge in [-0.1, -0.05) is 6.07 Å². The zero-order valence-electron chi connectivity index (χ0n) is 18.8. The molecule has 3 aromatic rings. The number of benzene rings is 1. The Morgan fingerprint density at radius 2 is 2.22 bits per heavy atom. The van der Waals surface area contributed by atoms with Gasteiger partial charge >= 0.3 is 0 Å². The van der Waals surface area contributed by atoms with Gasteiger partial charge in [0.2, 0.25) is 0 Å². The zero-order chi connectivity index (χ0) is 22.3. The van der Waals surface area contributed by atoms with Crippen LogP contribution in [0.15, 0.2) is 53.9 Å². The van der Waals surface area contributed by atoms with Gasteiger partial charge in [0.25, 0.3) is 0 Å². The van der Waals surface area contributed by atoms with E-state index in [0.717, 1.165) is 53.6 Å². The summed E-state index contributed by atoms with van der Waals surface area (Å²) in [7, 11) is 3.57. The first-order valence-corrected chi connectivity index (χ1v) is 10.8. The second kappa shape index (κ2) is 10.3. The van der Waals surface area contributed by atoms with E-state index in [4.69, 9.17) is 9.47 Å². The summed E-state index contributed by atoms with van der Waals surface area (Å²) in [6, 6.07) is 10.3. The lowest BCUT2D eigenvalue weighted by molar-refractivity contribution is 0.183. The van der Waals surface area contributed by atoms with Gasteiger partial charge in [0.1, 0.15) is 18.2 Å². The minimum absolute atomic E-state index is 0.320. The maximum atomic E-state index is 5.56. The maximum absolute atomic E-state index is 5.56. The standard InChI is InChI=1S/C24H30N6O2/c1-17(20-7-9-32-15-20)29-24-10-18(6-8-26-24)12-25-16-27-22-5-4-19(11-23(22)31-3)21-13-28-30(2)14-21/h4-6,8,10-14,17,20,27H,7,9,15-16H2,1-3H3,(H,26,29). The number of nitrogens with zero attached hydrogens (tertiary/aromatic N) is 4. The summed E-state index contributed by atoms with van der Waals surface area (Å²) in [5, 5.41) is 11.0.